The largest absolute Gasteiger partial charge is 0.372 e. The molecule has 8 nitrogen and oxygen atoms in total. The Bertz CT molecular complexity index is 1640. The molecule has 0 aliphatic carbocycles. The molecule has 196 valence electrons. The average molecular weight is 518 g/mol. The van der Waals surface area contributed by atoms with Crippen molar-refractivity contribution < 1.29 is 4.79 Å². The first-order chi connectivity index (χ1) is 18.9. The second kappa shape index (κ2) is 10.9. The molecule has 1 aliphatic rings. The Kier molecular flexibility index (Phi) is 7.24. The molecular weight excluding hydrogens is 486 g/mol. The van der Waals surface area contributed by atoms with Gasteiger partial charge < -0.3 is 10.6 Å². The van der Waals surface area contributed by atoms with Gasteiger partial charge in [0, 0.05) is 47.5 Å². The molecule has 0 saturated carbocycles. The number of nitrogens with two attached hydrogens (primary N) is 1. The van der Waals surface area contributed by atoms with Crippen molar-refractivity contribution in [3.8, 4) is 17.3 Å². The maximum atomic E-state index is 10.4. The highest BCUT2D eigenvalue weighted by Crippen LogP contribution is 2.35. The number of benzene rings is 2. The maximum absolute atomic E-state index is 10.4. The van der Waals surface area contributed by atoms with Gasteiger partial charge in [-0.05, 0) is 69.0 Å². The smallest absolute Gasteiger partial charge is 0.250 e. The quantitative estimate of drug-likeness (QED) is 0.313. The minimum Gasteiger partial charge on any atom is -0.372 e. The lowest BCUT2D eigenvalue weighted by Gasteiger charge is -2.29. The minimum absolute atomic E-state index is 0.442. The van der Waals surface area contributed by atoms with Crippen LogP contribution in [-0.4, -0.2) is 39.2 Å². The third kappa shape index (κ3) is 5.43. The molecule has 6 rings (SSSR count). The third-order valence-corrected chi connectivity index (χ3v) is 7.20. The van der Waals surface area contributed by atoms with Crippen LogP contribution < -0.4 is 10.6 Å². The number of aromatic amines is 1. The van der Waals surface area contributed by atoms with Gasteiger partial charge in [0.15, 0.2) is 0 Å². The number of hydrogen-bond acceptors (Lipinski definition) is 6. The fraction of sp³-hybridized carbons (Fsp3) is 0.258. The fourth-order valence-electron chi connectivity index (χ4n) is 4.87. The summed E-state index contributed by atoms with van der Waals surface area (Å²) in [5.41, 5.74) is 11.0. The first kappa shape index (κ1) is 25.9. The van der Waals surface area contributed by atoms with E-state index in [9.17, 15) is 10.1 Å². The summed E-state index contributed by atoms with van der Waals surface area (Å²) < 4.78 is 0. The van der Waals surface area contributed by atoms with Gasteiger partial charge in [-0.15, -0.1) is 0 Å². The highest BCUT2D eigenvalue weighted by atomic mass is 16.1. The van der Waals surface area contributed by atoms with Crippen LogP contribution in [-0.2, 0) is 5.41 Å². The topological polar surface area (TPSA) is 125 Å². The van der Waals surface area contributed by atoms with Crippen LogP contribution in [0.25, 0.3) is 33.1 Å². The van der Waals surface area contributed by atoms with Crippen LogP contribution in [0.15, 0.2) is 73.2 Å². The van der Waals surface area contributed by atoms with Crippen molar-refractivity contribution in [3.05, 3.63) is 84.3 Å². The van der Waals surface area contributed by atoms with E-state index in [1.165, 1.54) is 31.1 Å². The Morgan fingerprint density at radius 2 is 1.82 bits per heavy atom. The summed E-state index contributed by atoms with van der Waals surface area (Å²) in [4.78, 5) is 21.2. The molecule has 3 N–H and O–H groups in total. The summed E-state index contributed by atoms with van der Waals surface area (Å²) >= 11 is 0. The minimum atomic E-state index is -0.508. The van der Waals surface area contributed by atoms with Crippen LogP contribution >= 0.6 is 0 Å². The zero-order valence-corrected chi connectivity index (χ0v) is 22.2. The van der Waals surface area contributed by atoms with E-state index in [1.54, 1.807) is 18.3 Å². The highest BCUT2D eigenvalue weighted by Gasteiger charge is 2.20. The first-order valence-corrected chi connectivity index (χ1v) is 13.1. The molecule has 4 heterocycles. The van der Waals surface area contributed by atoms with Gasteiger partial charge in [-0.2, -0.15) is 10.4 Å². The number of H-pyrrole nitrogens is 1. The van der Waals surface area contributed by atoms with Crippen molar-refractivity contribution in [3.63, 3.8) is 0 Å². The molecule has 2 aromatic carbocycles. The van der Waals surface area contributed by atoms with Gasteiger partial charge in [-0.25, -0.2) is 0 Å². The lowest BCUT2D eigenvalue weighted by Crippen LogP contribution is -2.29. The van der Waals surface area contributed by atoms with Crippen molar-refractivity contribution in [2.24, 2.45) is 5.73 Å². The fourth-order valence-corrected chi connectivity index (χ4v) is 4.87. The third-order valence-electron chi connectivity index (χ3n) is 7.20. The normalized spacial score (nSPS) is 13.5. The van der Waals surface area contributed by atoms with Crippen LogP contribution in [0.4, 0.5) is 5.69 Å². The summed E-state index contributed by atoms with van der Waals surface area (Å²) in [7, 11) is 0. The number of primary amides is 1. The maximum Gasteiger partial charge on any atom is 0.250 e. The standard InChI is InChI=1S/C25H25N5.C6H6N2O/c1-25(2,16-26)18-8-6-17(7-9-18)24-23-20-14-19(30-12-4-3-5-13-30)10-11-21(20)27-15-22(23)28-29-24;7-6(9)5-2-1-3-8-4-5/h6-11,14-15H,3-5,12-13H2,1-2H3,(H,28,29);1-4H,(H2,7,9). The molecule has 0 unspecified atom stereocenters. The van der Waals surface area contributed by atoms with Crippen molar-refractivity contribution in [2.45, 2.75) is 38.5 Å². The first-order valence-electron chi connectivity index (χ1n) is 13.1. The zero-order chi connectivity index (χ0) is 27.4. The number of carbonyl (C=O) groups is 1. The molecule has 0 radical (unpaired) electrons. The Balaban J connectivity index is 0.000000292. The van der Waals surface area contributed by atoms with Crippen LogP contribution in [0.5, 0.6) is 0 Å². The Morgan fingerprint density at radius 3 is 2.46 bits per heavy atom. The molecule has 1 amide bonds. The van der Waals surface area contributed by atoms with Crippen molar-refractivity contribution >= 4 is 33.4 Å². The van der Waals surface area contributed by atoms with E-state index >= 15 is 0 Å². The number of piperidine rings is 1. The molecule has 39 heavy (non-hydrogen) atoms. The van der Waals surface area contributed by atoms with E-state index in [4.69, 9.17) is 5.73 Å². The monoisotopic (exact) mass is 517 g/mol. The van der Waals surface area contributed by atoms with E-state index in [0.717, 1.165) is 51.7 Å². The van der Waals surface area contributed by atoms with Gasteiger partial charge in [-0.1, -0.05) is 24.3 Å². The van der Waals surface area contributed by atoms with Crippen molar-refractivity contribution in [1.29, 1.82) is 5.26 Å². The van der Waals surface area contributed by atoms with E-state index in [-0.39, 0.29) is 0 Å². The lowest BCUT2D eigenvalue weighted by atomic mass is 9.86. The Hall–Kier alpha value is -4.77. The number of hydrogen-bond donors (Lipinski definition) is 2. The zero-order valence-electron chi connectivity index (χ0n) is 22.2. The summed E-state index contributed by atoms with van der Waals surface area (Å²) in [6.07, 6.45) is 8.71. The van der Waals surface area contributed by atoms with Gasteiger partial charge in [0.05, 0.1) is 34.3 Å². The number of aromatic nitrogens is 4. The molecule has 1 aliphatic heterocycles. The van der Waals surface area contributed by atoms with E-state index in [0.29, 0.717) is 5.56 Å². The predicted molar refractivity (Wildman–Crippen MR) is 154 cm³/mol. The summed E-state index contributed by atoms with van der Waals surface area (Å²) in [5, 5.41) is 19.4. The summed E-state index contributed by atoms with van der Waals surface area (Å²) in [5.74, 6) is -0.442. The summed E-state index contributed by atoms with van der Waals surface area (Å²) in [6, 6.07) is 20.4. The molecular formula is C31H31N7O. The second-order valence-electron chi connectivity index (χ2n) is 10.3. The van der Waals surface area contributed by atoms with Crippen LogP contribution in [0, 0.1) is 11.3 Å². The van der Waals surface area contributed by atoms with Gasteiger partial charge in [0.25, 0.3) is 0 Å². The van der Waals surface area contributed by atoms with E-state index < -0.39 is 11.3 Å². The molecule has 3 aromatic heterocycles. The van der Waals surface area contributed by atoms with Gasteiger partial charge in [0.2, 0.25) is 5.91 Å². The number of anilines is 1. The Labute approximate surface area is 227 Å². The number of rotatable bonds is 4. The SMILES string of the molecule is CC(C)(C#N)c1ccc(-c2n[nH]c3cnc4ccc(N5CCCCC5)cc4c23)cc1.NC(=O)c1cccnc1. The second-order valence-corrected chi connectivity index (χ2v) is 10.3. The number of carbonyl (C=O) groups excluding carboxylic acids is 1. The lowest BCUT2D eigenvalue weighted by molar-refractivity contribution is 0.1000. The average Bonchev–Trinajstić information content (AvgIpc) is 3.43. The summed E-state index contributed by atoms with van der Waals surface area (Å²) in [6.45, 7) is 6.10. The molecule has 1 fully saturated rings. The van der Waals surface area contributed by atoms with Crippen molar-refractivity contribution in [1.82, 2.24) is 20.2 Å². The number of amides is 1. The number of nitrogens with one attached hydrogen (secondary N) is 1. The molecule has 0 atom stereocenters. The van der Waals surface area contributed by atoms with E-state index in [2.05, 4.69) is 61.5 Å². The van der Waals surface area contributed by atoms with Crippen LogP contribution in [0.2, 0.25) is 0 Å². The number of nitriles is 1. The van der Waals surface area contributed by atoms with E-state index in [1.807, 2.05) is 32.2 Å². The number of nitrogens with zero attached hydrogens (tertiary/aromatic N) is 5. The molecule has 1 saturated heterocycles. The molecule has 0 spiro atoms. The number of pyridine rings is 2. The molecule has 0 bridgehead atoms. The Morgan fingerprint density at radius 1 is 1.05 bits per heavy atom. The van der Waals surface area contributed by atoms with Crippen LogP contribution in [0.1, 0.15) is 49.0 Å². The van der Waals surface area contributed by atoms with Gasteiger partial charge in [0.1, 0.15) is 5.69 Å². The molecule has 8 heteroatoms. The van der Waals surface area contributed by atoms with Crippen molar-refractivity contribution in [2.75, 3.05) is 18.0 Å². The number of fused-ring (bicyclic) bond motifs is 3. The molecule has 5 aromatic rings. The van der Waals surface area contributed by atoms with Gasteiger partial charge >= 0.3 is 0 Å². The predicted octanol–water partition coefficient (Wildman–Crippen LogP) is 5.75. The van der Waals surface area contributed by atoms with Gasteiger partial charge in [-0.3, -0.25) is 19.9 Å². The van der Waals surface area contributed by atoms with Crippen LogP contribution in [0.3, 0.4) is 0 Å². The highest BCUT2D eigenvalue weighted by molar-refractivity contribution is 6.11.